The van der Waals surface area contributed by atoms with E-state index in [4.69, 9.17) is 9.84 Å². The summed E-state index contributed by atoms with van der Waals surface area (Å²) in [5.74, 6) is 0.804. The summed E-state index contributed by atoms with van der Waals surface area (Å²) in [6.45, 7) is 3.25. The predicted molar refractivity (Wildman–Crippen MR) is 57.3 cm³/mol. The molecule has 1 atom stereocenters. The first-order chi connectivity index (χ1) is 6.93. The molecule has 3 heteroatoms. The summed E-state index contributed by atoms with van der Waals surface area (Å²) in [7, 11) is 0. The zero-order valence-electron chi connectivity index (χ0n) is 8.74. The minimum absolute atomic E-state index is 0.118. The molecule has 0 spiro atoms. The maximum Gasteiger partial charge on any atom is 0.0698 e. The maximum atomic E-state index is 8.47. The van der Waals surface area contributed by atoms with Gasteiger partial charge in [-0.1, -0.05) is 12.2 Å². The molecule has 0 radical (unpaired) electrons. The van der Waals surface area contributed by atoms with Crippen molar-refractivity contribution in [1.29, 1.82) is 0 Å². The first kappa shape index (κ1) is 11.7. The van der Waals surface area contributed by atoms with Crippen molar-refractivity contribution < 1.29 is 9.84 Å². The second-order valence-corrected chi connectivity index (χ2v) is 3.69. The van der Waals surface area contributed by atoms with Crippen molar-refractivity contribution in [2.45, 2.75) is 19.3 Å². The molecule has 0 aromatic carbocycles. The van der Waals surface area contributed by atoms with Crippen molar-refractivity contribution in [1.82, 2.24) is 5.32 Å². The van der Waals surface area contributed by atoms with Crippen LogP contribution in [0.1, 0.15) is 19.3 Å². The number of ether oxygens (including phenoxy) is 1. The molecule has 82 valence electrons. The number of allylic oxidation sites excluding steroid dienone is 2. The van der Waals surface area contributed by atoms with Gasteiger partial charge in [-0.15, -0.1) is 0 Å². The van der Waals surface area contributed by atoms with Crippen LogP contribution < -0.4 is 5.32 Å². The average molecular weight is 199 g/mol. The van der Waals surface area contributed by atoms with E-state index in [1.54, 1.807) is 0 Å². The van der Waals surface area contributed by atoms with E-state index in [2.05, 4.69) is 17.5 Å². The minimum Gasteiger partial charge on any atom is -0.394 e. The van der Waals surface area contributed by atoms with Crippen molar-refractivity contribution >= 4 is 0 Å². The zero-order valence-corrected chi connectivity index (χ0v) is 8.74. The SMILES string of the molecule is OCCOCCNCC1CC=CCC1. The third kappa shape index (κ3) is 5.37. The molecule has 0 aromatic rings. The molecule has 0 aliphatic heterocycles. The Hall–Kier alpha value is -0.380. The van der Waals surface area contributed by atoms with Gasteiger partial charge in [0.1, 0.15) is 0 Å². The Morgan fingerprint density at radius 1 is 1.36 bits per heavy atom. The van der Waals surface area contributed by atoms with E-state index in [1.165, 1.54) is 19.3 Å². The summed E-state index contributed by atoms with van der Waals surface area (Å²) in [6.07, 6.45) is 8.29. The van der Waals surface area contributed by atoms with Gasteiger partial charge >= 0.3 is 0 Å². The third-order valence-corrected chi connectivity index (χ3v) is 2.47. The number of hydrogen-bond acceptors (Lipinski definition) is 3. The van der Waals surface area contributed by atoms with Gasteiger partial charge in [0.05, 0.1) is 19.8 Å². The first-order valence-electron chi connectivity index (χ1n) is 5.48. The smallest absolute Gasteiger partial charge is 0.0698 e. The standard InChI is InChI=1S/C11H21NO2/c13-7-9-14-8-6-12-10-11-4-2-1-3-5-11/h1-2,11-13H,3-10H2. The van der Waals surface area contributed by atoms with Crippen LogP contribution in [-0.2, 0) is 4.74 Å². The fraction of sp³-hybridized carbons (Fsp3) is 0.818. The van der Waals surface area contributed by atoms with Gasteiger partial charge in [-0.25, -0.2) is 0 Å². The molecule has 3 nitrogen and oxygen atoms in total. The van der Waals surface area contributed by atoms with Crippen LogP contribution in [0.5, 0.6) is 0 Å². The Morgan fingerprint density at radius 2 is 2.29 bits per heavy atom. The number of aliphatic hydroxyl groups excluding tert-OH is 1. The number of hydrogen-bond donors (Lipinski definition) is 2. The van der Waals surface area contributed by atoms with Crippen LogP contribution in [0.2, 0.25) is 0 Å². The van der Waals surface area contributed by atoms with Gasteiger partial charge in [-0.2, -0.15) is 0 Å². The van der Waals surface area contributed by atoms with Crippen molar-refractivity contribution in [3.05, 3.63) is 12.2 Å². The highest BCUT2D eigenvalue weighted by Crippen LogP contribution is 2.16. The Morgan fingerprint density at radius 3 is 3.00 bits per heavy atom. The van der Waals surface area contributed by atoms with Gasteiger partial charge in [0, 0.05) is 6.54 Å². The Bertz CT molecular complexity index is 159. The van der Waals surface area contributed by atoms with Crippen molar-refractivity contribution in [2.75, 3.05) is 32.9 Å². The molecule has 0 bridgehead atoms. The summed E-state index contributed by atoms with van der Waals surface area (Å²) in [4.78, 5) is 0. The molecule has 1 aliphatic carbocycles. The Labute approximate surface area is 86.2 Å². The minimum atomic E-state index is 0.118. The van der Waals surface area contributed by atoms with Gasteiger partial charge in [0.25, 0.3) is 0 Å². The highest BCUT2D eigenvalue weighted by Gasteiger charge is 2.08. The molecule has 0 heterocycles. The molecule has 0 amide bonds. The zero-order chi connectivity index (χ0) is 10.1. The normalized spacial score (nSPS) is 21.4. The molecule has 1 rings (SSSR count). The molecule has 0 aromatic heterocycles. The fourth-order valence-corrected chi connectivity index (χ4v) is 1.66. The molecule has 0 saturated carbocycles. The third-order valence-electron chi connectivity index (χ3n) is 2.47. The number of aliphatic hydroxyl groups is 1. The quantitative estimate of drug-likeness (QED) is 0.473. The predicted octanol–water partition coefficient (Wildman–Crippen LogP) is 0.941. The van der Waals surface area contributed by atoms with E-state index in [0.29, 0.717) is 13.2 Å². The Balaban J connectivity index is 1.86. The Kier molecular flexibility index (Phi) is 6.66. The van der Waals surface area contributed by atoms with Crippen LogP contribution in [0, 0.1) is 5.92 Å². The van der Waals surface area contributed by atoms with E-state index in [0.717, 1.165) is 19.0 Å². The van der Waals surface area contributed by atoms with Gasteiger partial charge in [-0.05, 0) is 31.7 Å². The van der Waals surface area contributed by atoms with Crippen LogP contribution in [0.25, 0.3) is 0 Å². The summed E-state index contributed by atoms with van der Waals surface area (Å²) in [6, 6.07) is 0. The number of nitrogens with one attached hydrogen (secondary N) is 1. The van der Waals surface area contributed by atoms with Crippen LogP contribution in [-0.4, -0.2) is 38.0 Å². The van der Waals surface area contributed by atoms with Gasteiger partial charge in [0.2, 0.25) is 0 Å². The highest BCUT2D eigenvalue weighted by molar-refractivity contribution is 4.90. The summed E-state index contributed by atoms with van der Waals surface area (Å²) >= 11 is 0. The maximum absolute atomic E-state index is 8.47. The molecular formula is C11H21NO2. The van der Waals surface area contributed by atoms with Crippen molar-refractivity contribution in [3.8, 4) is 0 Å². The summed E-state index contributed by atoms with van der Waals surface area (Å²) in [5, 5.41) is 11.8. The van der Waals surface area contributed by atoms with E-state index >= 15 is 0 Å². The van der Waals surface area contributed by atoms with Crippen molar-refractivity contribution in [2.24, 2.45) is 5.92 Å². The second-order valence-electron chi connectivity index (χ2n) is 3.69. The fourth-order valence-electron chi connectivity index (χ4n) is 1.66. The lowest BCUT2D eigenvalue weighted by Crippen LogP contribution is -2.27. The van der Waals surface area contributed by atoms with Crippen LogP contribution >= 0.6 is 0 Å². The lowest BCUT2D eigenvalue weighted by molar-refractivity contribution is 0.0934. The summed E-state index contributed by atoms with van der Waals surface area (Å²) < 4.78 is 5.15. The van der Waals surface area contributed by atoms with E-state index in [1.807, 2.05) is 0 Å². The first-order valence-corrected chi connectivity index (χ1v) is 5.48. The van der Waals surface area contributed by atoms with Crippen LogP contribution in [0.4, 0.5) is 0 Å². The molecule has 14 heavy (non-hydrogen) atoms. The lowest BCUT2D eigenvalue weighted by atomic mass is 9.94. The molecule has 2 N–H and O–H groups in total. The van der Waals surface area contributed by atoms with Crippen LogP contribution in [0.15, 0.2) is 12.2 Å². The molecule has 0 fully saturated rings. The lowest BCUT2D eigenvalue weighted by Gasteiger charge is -2.17. The van der Waals surface area contributed by atoms with E-state index < -0.39 is 0 Å². The molecule has 1 aliphatic rings. The van der Waals surface area contributed by atoms with E-state index in [9.17, 15) is 0 Å². The van der Waals surface area contributed by atoms with Crippen LogP contribution in [0.3, 0.4) is 0 Å². The number of rotatable bonds is 7. The topological polar surface area (TPSA) is 41.5 Å². The monoisotopic (exact) mass is 199 g/mol. The van der Waals surface area contributed by atoms with Gasteiger partial charge in [0.15, 0.2) is 0 Å². The molecular weight excluding hydrogens is 178 g/mol. The van der Waals surface area contributed by atoms with E-state index in [-0.39, 0.29) is 6.61 Å². The average Bonchev–Trinajstić information content (AvgIpc) is 2.25. The molecule has 1 unspecified atom stereocenters. The largest absolute Gasteiger partial charge is 0.394 e. The van der Waals surface area contributed by atoms with Gasteiger partial charge < -0.3 is 15.2 Å². The highest BCUT2D eigenvalue weighted by atomic mass is 16.5. The van der Waals surface area contributed by atoms with Crippen molar-refractivity contribution in [3.63, 3.8) is 0 Å². The second kappa shape index (κ2) is 7.97. The van der Waals surface area contributed by atoms with Gasteiger partial charge in [-0.3, -0.25) is 0 Å². The summed E-state index contributed by atoms with van der Waals surface area (Å²) in [5.41, 5.74) is 0. The molecule has 0 saturated heterocycles.